The molecule has 3 rings (SSSR count). The maximum absolute atomic E-state index is 12.4. The lowest BCUT2D eigenvalue weighted by Crippen LogP contribution is -2.29. The van der Waals surface area contributed by atoms with Gasteiger partial charge < -0.3 is 25.3 Å². The first-order chi connectivity index (χ1) is 11.9. The number of hydrogen-bond acceptors (Lipinski definition) is 4. The highest BCUT2D eigenvalue weighted by molar-refractivity contribution is 5.93. The maximum Gasteiger partial charge on any atom is 0.573 e. The highest BCUT2D eigenvalue weighted by Crippen LogP contribution is 2.39. The summed E-state index contributed by atoms with van der Waals surface area (Å²) < 4.78 is 52.9. The second-order valence-electron chi connectivity index (χ2n) is 6.06. The third-order valence-corrected chi connectivity index (χ3v) is 4.12. The number of anilines is 1. The van der Waals surface area contributed by atoms with Gasteiger partial charge in [0.15, 0.2) is 17.5 Å². The first-order valence-electron chi connectivity index (χ1n) is 8.09. The molecule has 2 aliphatic rings. The molecule has 1 unspecified atom stereocenters. The minimum Gasteiger partial charge on any atom is -0.404 e. The number of nitrogens with one attached hydrogen (secondary N) is 1. The fraction of sp³-hybridized carbons (Fsp3) is 0.562. The summed E-state index contributed by atoms with van der Waals surface area (Å²) in [6, 6.07) is 5.62. The fourth-order valence-electron chi connectivity index (χ4n) is 3.04. The van der Waals surface area contributed by atoms with Crippen molar-refractivity contribution in [1.82, 2.24) is 0 Å². The Morgan fingerprint density at radius 2 is 2.04 bits per heavy atom. The Labute approximate surface area is 143 Å². The number of nitrogens with zero attached hydrogens (tertiary/aromatic N) is 1. The van der Waals surface area contributed by atoms with E-state index in [0.717, 1.165) is 25.7 Å². The van der Waals surface area contributed by atoms with Crippen LogP contribution in [-0.4, -0.2) is 37.4 Å². The molecule has 1 aromatic carbocycles. The second kappa shape index (κ2) is 7.09. The molecule has 0 radical (unpaired) electrons. The van der Waals surface area contributed by atoms with Crippen molar-refractivity contribution < 1.29 is 27.4 Å². The lowest BCUT2D eigenvalue weighted by molar-refractivity contribution is -0.274. The zero-order chi connectivity index (χ0) is 17.9. The molecule has 1 saturated carbocycles. The average molecular weight is 359 g/mol. The molecule has 1 aliphatic carbocycles. The largest absolute Gasteiger partial charge is 0.573 e. The highest BCUT2D eigenvalue weighted by Gasteiger charge is 2.43. The first kappa shape index (κ1) is 17.8. The Morgan fingerprint density at radius 1 is 1.32 bits per heavy atom. The van der Waals surface area contributed by atoms with E-state index in [2.05, 4.69) is 15.0 Å². The molecule has 1 atom stereocenters. The van der Waals surface area contributed by atoms with Gasteiger partial charge in [0.05, 0.1) is 18.8 Å². The van der Waals surface area contributed by atoms with E-state index in [4.69, 9.17) is 15.2 Å². The molecule has 6 nitrogen and oxygen atoms in total. The van der Waals surface area contributed by atoms with Crippen LogP contribution >= 0.6 is 0 Å². The van der Waals surface area contributed by atoms with Gasteiger partial charge in [-0.3, -0.25) is 4.99 Å². The third kappa shape index (κ3) is 4.76. The summed E-state index contributed by atoms with van der Waals surface area (Å²) in [7, 11) is 0. The van der Waals surface area contributed by atoms with Crippen molar-refractivity contribution in [3.05, 3.63) is 24.3 Å². The monoisotopic (exact) mass is 359 g/mol. The minimum atomic E-state index is -4.78. The molecule has 1 aromatic rings. The van der Waals surface area contributed by atoms with Crippen LogP contribution in [0.15, 0.2) is 29.3 Å². The first-order valence-corrected chi connectivity index (χ1v) is 8.09. The van der Waals surface area contributed by atoms with Crippen LogP contribution in [0.4, 0.5) is 18.9 Å². The van der Waals surface area contributed by atoms with Gasteiger partial charge in [0.25, 0.3) is 0 Å². The topological polar surface area (TPSA) is 78.1 Å². The summed E-state index contributed by atoms with van der Waals surface area (Å²) in [5.41, 5.74) is 5.85. The van der Waals surface area contributed by atoms with Gasteiger partial charge in [-0.25, -0.2) is 0 Å². The summed E-state index contributed by atoms with van der Waals surface area (Å²) >= 11 is 0. The average Bonchev–Trinajstić information content (AvgIpc) is 3.16. The zero-order valence-electron chi connectivity index (χ0n) is 13.5. The smallest absolute Gasteiger partial charge is 0.404 e. The standard InChI is InChI=1S/C16H20F3N3O3/c17-16(18,19)25-13-6-2-1-5-12(13)22-14(20)21-9-11-10-23-15(24-11)7-3-4-8-15/h1-2,5-6,11H,3-4,7-10H2,(H3,20,21,22). The number of benzene rings is 1. The van der Waals surface area contributed by atoms with Crippen LogP contribution in [0, 0.1) is 0 Å². The molecule has 1 heterocycles. The van der Waals surface area contributed by atoms with Gasteiger partial charge in [0.1, 0.15) is 6.10 Å². The number of alkyl halides is 3. The summed E-state index contributed by atoms with van der Waals surface area (Å²) in [4.78, 5) is 4.14. The van der Waals surface area contributed by atoms with Gasteiger partial charge in [-0.2, -0.15) is 0 Å². The van der Waals surface area contributed by atoms with Crippen molar-refractivity contribution in [2.45, 2.75) is 43.9 Å². The number of hydrogen-bond donors (Lipinski definition) is 2. The minimum absolute atomic E-state index is 0.0193. The second-order valence-corrected chi connectivity index (χ2v) is 6.06. The van der Waals surface area contributed by atoms with Gasteiger partial charge >= 0.3 is 6.36 Å². The number of rotatable bonds is 4. The Bertz CT molecular complexity index is 631. The number of ether oxygens (including phenoxy) is 3. The quantitative estimate of drug-likeness (QED) is 0.638. The molecular weight excluding hydrogens is 339 g/mol. The van der Waals surface area contributed by atoms with E-state index in [-0.39, 0.29) is 30.0 Å². The van der Waals surface area contributed by atoms with E-state index in [0.29, 0.717) is 6.61 Å². The lowest BCUT2D eigenvalue weighted by atomic mass is 10.2. The zero-order valence-corrected chi connectivity index (χ0v) is 13.5. The molecule has 1 spiro atoms. The molecule has 3 N–H and O–H groups in total. The summed E-state index contributed by atoms with van der Waals surface area (Å²) in [5.74, 6) is -0.872. The molecule has 0 bridgehead atoms. The fourth-order valence-corrected chi connectivity index (χ4v) is 3.04. The van der Waals surface area contributed by atoms with E-state index in [1.807, 2.05) is 0 Å². The van der Waals surface area contributed by atoms with E-state index < -0.39 is 12.1 Å². The molecular formula is C16H20F3N3O3. The van der Waals surface area contributed by atoms with Crippen molar-refractivity contribution in [3.63, 3.8) is 0 Å². The van der Waals surface area contributed by atoms with E-state index >= 15 is 0 Å². The van der Waals surface area contributed by atoms with Crippen molar-refractivity contribution >= 4 is 11.6 Å². The Kier molecular flexibility index (Phi) is 5.05. The number of halogens is 3. The molecule has 1 aliphatic heterocycles. The molecule has 25 heavy (non-hydrogen) atoms. The van der Waals surface area contributed by atoms with Gasteiger partial charge in [0.2, 0.25) is 0 Å². The van der Waals surface area contributed by atoms with Gasteiger partial charge in [0, 0.05) is 12.8 Å². The molecule has 9 heteroatoms. The maximum atomic E-state index is 12.4. The van der Waals surface area contributed by atoms with Crippen LogP contribution in [0.2, 0.25) is 0 Å². The van der Waals surface area contributed by atoms with Gasteiger partial charge in [-0.05, 0) is 25.0 Å². The van der Waals surface area contributed by atoms with Gasteiger partial charge in [-0.15, -0.1) is 13.2 Å². The van der Waals surface area contributed by atoms with Crippen LogP contribution < -0.4 is 15.8 Å². The lowest BCUT2D eigenvalue weighted by Gasteiger charge is -2.21. The van der Waals surface area contributed by atoms with Crippen LogP contribution in [0.25, 0.3) is 0 Å². The number of para-hydroxylation sites is 2. The van der Waals surface area contributed by atoms with E-state index in [9.17, 15) is 13.2 Å². The SMILES string of the molecule is NC(=NCC1COC2(CCCC2)O1)Nc1ccccc1OC(F)(F)F. The van der Waals surface area contributed by atoms with Crippen LogP contribution in [0.3, 0.4) is 0 Å². The summed E-state index contributed by atoms with van der Waals surface area (Å²) in [6.07, 6.45) is -1.08. The summed E-state index contributed by atoms with van der Waals surface area (Å²) in [6.45, 7) is 0.702. The number of aliphatic imine (C=N–C) groups is 1. The predicted molar refractivity (Wildman–Crippen MR) is 85.3 cm³/mol. The van der Waals surface area contributed by atoms with Gasteiger partial charge in [-0.1, -0.05) is 12.1 Å². The van der Waals surface area contributed by atoms with Crippen LogP contribution in [-0.2, 0) is 9.47 Å². The summed E-state index contributed by atoms with van der Waals surface area (Å²) in [5, 5.41) is 2.62. The van der Waals surface area contributed by atoms with Crippen molar-refractivity contribution in [2.75, 3.05) is 18.5 Å². The molecule has 0 amide bonds. The van der Waals surface area contributed by atoms with Crippen LogP contribution in [0.1, 0.15) is 25.7 Å². The normalized spacial score (nSPS) is 23.2. The van der Waals surface area contributed by atoms with Crippen LogP contribution in [0.5, 0.6) is 5.75 Å². The highest BCUT2D eigenvalue weighted by atomic mass is 19.4. The Hall–Kier alpha value is -2.00. The van der Waals surface area contributed by atoms with Crippen molar-refractivity contribution in [1.29, 1.82) is 0 Å². The predicted octanol–water partition coefficient (Wildman–Crippen LogP) is 3.00. The van der Waals surface area contributed by atoms with Crippen molar-refractivity contribution in [2.24, 2.45) is 10.7 Å². The number of nitrogens with two attached hydrogens (primary N) is 1. The Balaban J connectivity index is 1.57. The number of guanidine groups is 1. The molecule has 1 saturated heterocycles. The molecule has 138 valence electrons. The van der Waals surface area contributed by atoms with E-state index in [1.165, 1.54) is 18.2 Å². The molecule has 0 aromatic heterocycles. The Morgan fingerprint density at radius 3 is 2.76 bits per heavy atom. The van der Waals surface area contributed by atoms with E-state index in [1.54, 1.807) is 6.07 Å². The van der Waals surface area contributed by atoms with Crippen molar-refractivity contribution in [3.8, 4) is 5.75 Å². The third-order valence-electron chi connectivity index (χ3n) is 4.12. The molecule has 2 fully saturated rings.